The Bertz CT molecular complexity index is 754. The van der Waals surface area contributed by atoms with Crippen LogP contribution in [0.2, 0.25) is 0 Å². The fourth-order valence-corrected chi connectivity index (χ4v) is 2.29. The van der Waals surface area contributed by atoms with Crippen molar-refractivity contribution in [3.05, 3.63) is 54.5 Å². The van der Waals surface area contributed by atoms with Crippen LogP contribution in [0.15, 0.2) is 58.2 Å². The van der Waals surface area contributed by atoms with E-state index in [0.29, 0.717) is 5.56 Å². The molecule has 0 unspecified atom stereocenters. The van der Waals surface area contributed by atoms with E-state index in [9.17, 15) is 0 Å². The second kappa shape index (κ2) is 4.25. The van der Waals surface area contributed by atoms with E-state index in [1.54, 1.807) is 12.5 Å². The highest BCUT2D eigenvalue weighted by atomic mass is 32.1. The summed E-state index contributed by atoms with van der Waals surface area (Å²) in [5.41, 5.74) is 2.62. The van der Waals surface area contributed by atoms with E-state index in [1.165, 1.54) is 0 Å². The molecule has 0 aliphatic rings. The summed E-state index contributed by atoms with van der Waals surface area (Å²) in [5, 5.41) is 11.2. The first-order valence-electron chi connectivity index (χ1n) is 5.47. The summed E-state index contributed by atoms with van der Waals surface area (Å²) >= 11 is 4.33. The molecule has 0 amide bonds. The van der Waals surface area contributed by atoms with Gasteiger partial charge in [-0.15, -0.1) is 12.6 Å². The van der Waals surface area contributed by atoms with Gasteiger partial charge in [0.15, 0.2) is 0 Å². The highest BCUT2D eigenvalue weighted by Gasteiger charge is 2.07. The van der Waals surface area contributed by atoms with Crippen molar-refractivity contribution >= 4 is 23.4 Å². The highest BCUT2D eigenvalue weighted by molar-refractivity contribution is 7.80. The summed E-state index contributed by atoms with van der Waals surface area (Å²) in [7, 11) is 0. The summed E-state index contributed by atoms with van der Waals surface area (Å²) in [6, 6.07) is 13.8. The molecule has 0 radical (unpaired) electrons. The molecule has 0 spiro atoms. The zero-order valence-corrected chi connectivity index (χ0v) is 10.3. The van der Waals surface area contributed by atoms with Crippen LogP contribution in [0.4, 0.5) is 0 Å². The topological polar surface area (TPSA) is 36.9 Å². The minimum absolute atomic E-state index is 0.637. The molecule has 0 saturated carbocycles. The Morgan fingerprint density at radius 2 is 2.00 bits per heavy atom. The maximum atomic E-state index is 9.10. The lowest BCUT2D eigenvalue weighted by atomic mass is 9.97. The van der Waals surface area contributed by atoms with Gasteiger partial charge < -0.3 is 4.42 Å². The molecular formula is C15H9NOS. The minimum atomic E-state index is 0.637. The van der Waals surface area contributed by atoms with Crippen LogP contribution in [0, 0.1) is 11.3 Å². The second-order valence-corrected chi connectivity index (χ2v) is 4.57. The van der Waals surface area contributed by atoms with Crippen molar-refractivity contribution in [3.8, 4) is 17.2 Å². The van der Waals surface area contributed by atoms with Gasteiger partial charge in [0.25, 0.3) is 0 Å². The normalized spacial score (nSPS) is 10.4. The van der Waals surface area contributed by atoms with Gasteiger partial charge in [0.2, 0.25) is 0 Å². The predicted molar refractivity (Wildman–Crippen MR) is 73.6 cm³/mol. The highest BCUT2D eigenvalue weighted by Crippen LogP contribution is 2.31. The van der Waals surface area contributed by atoms with Crippen molar-refractivity contribution in [1.29, 1.82) is 5.26 Å². The minimum Gasteiger partial charge on any atom is -0.472 e. The number of thiol groups is 1. The summed E-state index contributed by atoms with van der Waals surface area (Å²) in [5.74, 6) is 0. The van der Waals surface area contributed by atoms with Gasteiger partial charge in [-0.25, -0.2) is 0 Å². The van der Waals surface area contributed by atoms with E-state index in [4.69, 9.17) is 9.68 Å². The van der Waals surface area contributed by atoms with Crippen molar-refractivity contribution in [1.82, 2.24) is 0 Å². The summed E-state index contributed by atoms with van der Waals surface area (Å²) in [6.07, 6.45) is 3.32. The molecule has 0 saturated heterocycles. The quantitative estimate of drug-likeness (QED) is 0.656. The van der Waals surface area contributed by atoms with Crippen molar-refractivity contribution in [2.45, 2.75) is 4.90 Å². The van der Waals surface area contributed by atoms with Crippen LogP contribution in [-0.4, -0.2) is 0 Å². The molecule has 2 nitrogen and oxygen atoms in total. The lowest BCUT2D eigenvalue weighted by molar-refractivity contribution is 0.568. The van der Waals surface area contributed by atoms with E-state index < -0.39 is 0 Å². The number of hydrogen-bond acceptors (Lipinski definition) is 3. The smallest absolute Gasteiger partial charge is 0.0992 e. The van der Waals surface area contributed by atoms with E-state index in [2.05, 4.69) is 18.7 Å². The fraction of sp³-hybridized carbons (Fsp3) is 0. The molecule has 3 aromatic rings. The number of nitrogens with zero attached hydrogens (tertiary/aromatic N) is 1. The van der Waals surface area contributed by atoms with Crippen LogP contribution in [-0.2, 0) is 0 Å². The Hall–Kier alpha value is -2.18. The maximum absolute atomic E-state index is 9.10. The Labute approximate surface area is 110 Å². The fourth-order valence-electron chi connectivity index (χ4n) is 2.08. The average molecular weight is 251 g/mol. The van der Waals surface area contributed by atoms with E-state index in [-0.39, 0.29) is 0 Å². The molecule has 0 fully saturated rings. The van der Waals surface area contributed by atoms with Gasteiger partial charge in [-0.3, -0.25) is 0 Å². The summed E-state index contributed by atoms with van der Waals surface area (Å²) in [6.45, 7) is 0. The van der Waals surface area contributed by atoms with Crippen LogP contribution < -0.4 is 0 Å². The number of benzene rings is 2. The first-order chi connectivity index (χ1) is 8.78. The Balaban J connectivity index is 2.39. The molecule has 3 rings (SSSR count). The van der Waals surface area contributed by atoms with Gasteiger partial charge in [0.1, 0.15) is 0 Å². The van der Waals surface area contributed by atoms with Gasteiger partial charge >= 0.3 is 0 Å². The standard InChI is InChI=1S/C15H9NOS/c16-8-10-5-12-7-13(18)1-2-14(12)15(6-10)11-3-4-17-9-11/h1-7,9,18H. The summed E-state index contributed by atoms with van der Waals surface area (Å²) < 4.78 is 5.12. The molecule has 0 aliphatic carbocycles. The van der Waals surface area contributed by atoms with Crippen LogP contribution in [0.25, 0.3) is 21.9 Å². The first-order valence-corrected chi connectivity index (χ1v) is 5.92. The van der Waals surface area contributed by atoms with Crippen LogP contribution in [0.5, 0.6) is 0 Å². The zero-order valence-electron chi connectivity index (χ0n) is 9.42. The monoisotopic (exact) mass is 251 g/mol. The van der Waals surface area contributed by atoms with Gasteiger partial charge in [-0.05, 0) is 46.7 Å². The van der Waals surface area contributed by atoms with Crippen LogP contribution in [0.1, 0.15) is 5.56 Å². The Kier molecular flexibility index (Phi) is 2.58. The van der Waals surface area contributed by atoms with Gasteiger partial charge in [0.05, 0.1) is 24.2 Å². The second-order valence-electron chi connectivity index (χ2n) is 4.05. The number of fused-ring (bicyclic) bond motifs is 1. The van der Waals surface area contributed by atoms with Crippen LogP contribution in [0.3, 0.4) is 0 Å². The molecule has 0 bridgehead atoms. The molecule has 2 aromatic carbocycles. The van der Waals surface area contributed by atoms with E-state index in [0.717, 1.165) is 26.8 Å². The molecular weight excluding hydrogens is 242 g/mol. The molecule has 3 heteroatoms. The third-order valence-electron chi connectivity index (χ3n) is 2.90. The van der Waals surface area contributed by atoms with Gasteiger partial charge in [-0.2, -0.15) is 5.26 Å². The third kappa shape index (κ3) is 1.77. The molecule has 86 valence electrons. The molecule has 18 heavy (non-hydrogen) atoms. The molecule has 0 aliphatic heterocycles. The lowest BCUT2D eigenvalue weighted by Gasteiger charge is -2.06. The first kappa shape index (κ1) is 10.9. The Morgan fingerprint density at radius 1 is 1.11 bits per heavy atom. The molecule has 1 heterocycles. The van der Waals surface area contributed by atoms with E-state index in [1.807, 2.05) is 36.4 Å². The number of hydrogen-bond donors (Lipinski definition) is 1. The van der Waals surface area contributed by atoms with Gasteiger partial charge in [-0.1, -0.05) is 6.07 Å². The largest absolute Gasteiger partial charge is 0.472 e. The van der Waals surface area contributed by atoms with Crippen LogP contribution >= 0.6 is 12.6 Å². The van der Waals surface area contributed by atoms with Crippen molar-refractivity contribution in [3.63, 3.8) is 0 Å². The predicted octanol–water partition coefficient (Wildman–Crippen LogP) is 4.26. The van der Waals surface area contributed by atoms with Crippen molar-refractivity contribution < 1.29 is 4.42 Å². The van der Waals surface area contributed by atoms with Crippen molar-refractivity contribution in [2.75, 3.05) is 0 Å². The maximum Gasteiger partial charge on any atom is 0.0992 e. The van der Waals surface area contributed by atoms with Crippen molar-refractivity contribution in [2.24, 2.45) is 0 Å². The Morgan fingerprint density at radius 3 is 2.72 bits per heavy atom. The number of furan rings is 1. The molecule has 1 aromatic heterocycles. The number of rotatable bonds is 1. The molecule has 0 N–H and O–H groups in total. The lowest BCUT2D eigenvalue weighted by Crippen LogP contribution is -1.83. The summed E-state index contributed by atoms with van der Waals surface area (Å²) in [4.78, 5) is 0.885. The third-order valence-corrected chi connectivity index (χ3v) is 3.18. The average Bonchev–Trinajstić information content (AvgIpc) is 2.90. The SMILES string of the molecule is N#Cc1cc(-c2ccoc2)c2ccc(S)cc2c1. The van der Waals surface area contributed by atoms with E-state index >= 15 is 0 Å². The zero-order chi connectivity index (χ0) is 12.5. The van der Waals surface area contributed by atoms with Gasteiger partial charge in [0, 0.05) is 10.5 Å². The molecule has 0 atom stereocenters. The number of nitriles is 1.